The van der Waals surface area contributed by atoms with Gasteiger partial charge < -0.3 is 9.94 Å². The Morgan fingerprint density at radius 1 is 1.50 bits per heavy atom. The fourth-order valence-corrected chi connectivity index (χ4v) is 0.792. The number of oxime groups is 1. The zero-order chi connectivity index (χ0) is 8.97. The van der Waals surface area contributed by atoms with Gasteiger partial charge in [0.05, 0.1) is 0 Å². The quantitative estimate of drug-likeness (QED) is 0.543. The maximum Gasteiger partial charge on any atom is 0.339 e. The van der Waals surface area contributed by atoms with E-state index in [2.05, 4.69) is 16.7 Å². The summed E-state index contributed by atoms with van der Waals surface area (Å²) in [7, 11) is 0. The first kappa shape index (κ1) is 8.26. The third-order valence-corrected chi connectivity index (χ3v) is 1.28. The van der Waals surface area contributed by atoms with Crippen molar-refractivity contribution in [1.82, 2.24) is 0 Å². The summed E-state index contributed by atoms with van der Waals surface area (Å²) in [6.07, 6.45) is 0. The van der Waals surface area contributed by atoms with Crippen LogP contribution in [0.5, 0.6) is 5.75 Å². The average molecular weight is 165 g/mol. The molecule has 0 aromatic heterocycles. The first-order valence-corrected chi connectivity index (χ1v) is 3.21. The van der Waals surface area contributed by atoms with Crippen LogP contribution in [0.2, 0.25) is 0 Å². The molecule has 1 N–H and O–H groups in total. The number of benzene rings is 1. The summed E-state index contributed by atoms with van der Waals surface area (Å²) in [6.45, 7) is 3.09. The van der Waals surface area contributed by atoms with Gasteiger partial charge in [0.25, 0.3) is 0 Å². The Balaban J connectivity index is 3.07. The summed E-state index contributed by atoms with van der Waals surface area (Å²) in [5, 5.41) is 11.8. The van der Waals surface area contributed by atoms with E-state index in [1.54, 1.807) is 12.1 Å². The van der Waals surface area contributed by atoms with Gasteiger partial charge in [-0.1, -0.05) is 17.3 Å². The molecular weight excluding hydrogens is 158 g/mol. The smallest absolute Gasteiger partial charge is 0.339 e. The zero-order valence-electron chi connectivity index (χ0n) is 6.23. The molecule has 12 heavy (non-hydrogen) atoms. The SMILES string of the molecule is C=NOc1ccccc1C(=O)O. The maximum atomic E-state index is 10.6. The molecule has 0 spiro atoms. The molecule has 4 nitrogen and oxygen atoms in total. The molecule has 0 aliphatic rings. The second-order valence-electron chi connectivity index (χ2n) is 2.02. The Bertz CT molecular complexity index is 309. The third-order valence-electron chi connectivity index (χ3n) is 1.28. The number of aromatic carboxylic acids is 1. The minimum absolute atomic E-state index is 0.0740. The van der Waals surface area contributed by atoms with Gasteiger partial charge in [-0.2, -0.15) is 0 Å². The molecular formula is C8H7NO3. The van der Waals surface area contributed by atoms with Crippen LogP contribution in [0.3, 0.4) is 0 Å². The monoisotopic (exact) mass is 165 g/mol. The molecule has 0 saturated heterocycles. The molecule has 4 heteroatoms. The lowest BCUT2D eigenvalue weighted by Gasteiger charge is -2.00. The van der Waals surface area contributed by atoms with Crippen LogP contribution in [0, 0.1) is 0 Å². The first-order chi connectivity index (χ1) is 5.75. The third kappa shape index (κ3) is 1.60. The lowest BCUT2D eigenvalue weighted by Crippen LogP contribution is -1.98. The van der Waals surface area contributed by atoms with Crippen LogP contribution in [0.1, 0.15) is 10.4 Å². The number of carboxylic acid groups (broad SMARTS) is 1. The number of carboxylic acids is 1. The number of rotatable bonds is 3. The van der Waals surface area contributed by atoms with Crippen molar-refractivity contribution in [2.75, 3.05) is 0 Å². The van der Waals surface area contributed by atoms with Crippen LogP contribution in [0.4, 0.5) is 0 Å². The van der Waals surface area contributed by atoms with E-state index in [-0.39, 0.29) is 11.3 Å². The molecule has 0 heterocycles. The fourth-order valence-electron chi connectivity index (χ4n) is 0.792. The zero-order valence-corrected chi connectivity index (χ0v) is 6.23. The predicted octanol–water partition coefficient (Wildman–Crippen LogP) is 1.38. The maximum absolute atomic E-state index is 10.6. The molecule has 1 rings (SSSR count). The normalized spacial score (nSPS) is 9.00. The highest BCUT2D eigenvalue weighted by molar-refractivity contribution is 5.90. The fraction of sp³-hybridized carbons (Fsp3) is 0. The summed E-state index contributed by atoms with van der Waals surface area (Å²) in [5.41, 5.74) is 0.0740. The van der Waals surface area contributed by atoms with Crippen molar-refractivity contribution in [2.45, 2.75) is 0 Å². The van der Waals surface area contributed by atoms with E-state index in [9.17, 15) is 4.79 Å². The van der Waals surface area contributed by atoms with Crippen molar-refractivity contribution < 1.29 is 14.7 Å². The van der Waals surface area contributed by atoms with Crippen molar-refractivity contribution in [3.63, 3.8) is 0 Å². The Kier molecular flexibility index (Phi) is 2.42. The van der Waals surface area contributed by atoms with Gasteiger partial charge >= 0.3 is 5.97 Å². The van der Waals surface area contributed by atoms with Gasteiger partial charge in [-0.25, -0.2) is 4.79 Å². The van der Waals surface area contributed by atoms with E-state index in [4.69, 9.17) is 5.11 Å². The number of nitrogens with zero attached hydrogens (tertiary/aromatic N) is 1. The van der Waals surface area contributed by atoms with Crippen molar-refractivity contribution in [2.24, 2.45) is 5.16 Å². The van der Waals surface area contributed by atoms with Gasteiger partial charge in [0, 0.05) is 6.72 Å². The summed E-state index contributed by atoms with van der Waals surface area (Å²) >= 11 is 0. The molecule has 0 atom stereocenters. The number of hydrogen-bond acceptors (Lipinski definition) is 3. The predicted molar refractivity (Wildman–Crippen MR) is 43.6 cm³/mol. The lowest BCUT2D eigenvalue weighted by molar-refractivity contribution is 0.0692. The average Bonchev–Trinajstić information content (AvgIpc) is 2.05. The Hall–Kier alpha value is -1.84. The molecule has 0 aliphatic heterocycles. The first-order valence-electron chi connectivity index (χ1n) is 3.21. The summed E-state index contributed by atoms with van der Waals surface area (Å²) in [4.78, 5) is 15.2. The molecule has 0 fully saturated rings. The van der Waals surface area contributed by atoms with Crippen LogP contribution >= 0.6 is 0 Å². The van der Waals surface area contributed by atoms with E-state index in [0.29, 0.717) is 0 Å². The number of hydrogen-bond donors (Lipinski definition) is 1. The van der Waals surface area contributed by atoms with Crippen LogP contribution < -0.4 is 4.84 Å². The number of para-hydroxylation sites is 1. The standard InChI is InChI=1S/C8H7NO3/c1-9-12-7-5-3-2-4-6(7)8(10)11/h2-5H,1H2,(H,10,11). The lowest BCUT2D eigenvalue weighted by atomic mass is 10.2. The summed E-state index contributed by atoms with van der Waals surface area (Å²) < 4.78 is 0. The van der Waals surface area contributed by atoms with Gasteiger partial charge in [-0.15, -0.1) is 0 Å². The Labute approximate surface area is 69.1 Å². The van der Waals surface area contributed by atoms with E-state index in [1.807, 2.05) is 0 Å². The van der Waals surface area contributed by atoms with Crippen molar-refractivity contribution in [3.05, 3.63) is 29.8 Å². The second kappa shape index (κ2) is 3.52. The Morgan fingerprint density at radius 2 is 2.17 bits per heavy atom. The minimum Gasteiger partial charge on any atom is -0.478 e. The van der Waals surface area contributed by atoms with Gasteiger partial charge in [-0.05, 0) is 12.1 Å². The van der Waals surface area contributed by atoms with Gasteiger partial charge in [-0.3, -0.25) is 0 Å². The highest BCUT2D eigenvalue weighted by Gasteiger charge is 2.09. The van der Waals surface area contributed by atoms with E-state index >= 15 is 0 Å². The molecule has 0 radical (unpaired) electrons. The van der Waals surface area contributed by atoms with Crippen molar-refractivity contribution >= 4 is 12.7 Å². The molecule has 0 amide bonds. The Morgan fingerprint density at radius 3 is 2.75 bits per heavy atom. The molecule has 1 aromatic carbocycles. The van der Waals surface area contributed by atoms with Gasteiger partial charge in [0.15, 0.2) is 5.75 Å². The highest BCUT2D eigenvalue weighted by Crippen LogP contribution is 2.17. The van der Waals surface area contributed by atoms with Gasteiger partial charge in [0.1, 0.15) is 5.56 Å². The molecule has 0 aliphatic carbocycles. The van der Waals surface area contributed by atoms with Crippen LogP contribution in [-0.4, -0.2) is 17.8 Å². The number of carbonyl (C=O) groups is 1. The molecule has 1 aromatic rings. The van der Waals surface area contributed by atoms with Gasteiger partial charge in [0.2, 0.25) is 0 Å². The topological polar surface area (TPSA) is 58.9 Å². The van der Waals surface area contributed by atoms with Crippen LogP contribution in [0.25, 0.3) is 0 Å². The van der Waals surface area contributed by atoms with E-state index in [0.717, 1.165) is 0 Å². The molecule has 62 valence electrons. The molecule has 0 bridgehead atoms. The van der Waals surface area contributed by atoms with Crippen molar-refractivity contribution in [3.8, 4) is 5.75 Å². The van der Waals surface area contributed by atoms with Crippen molar-refractivity contribution in [1.29, 1.82) is 0 Å². The highest BCUT2D eigenvalue weighted by atomic mass is 16.6. The summed E-state index contributed by atoms with van der Waals surface area (Å²) in [6, 6.07) is 6.22. The second-order valence-corrected chi connectivity index (χ2v) is 2.02. The molecule has 0 saturated carbocycles. The summed E-state index contributed by atoms with van der Waals surface area (Å²) in [5.74, 6) is -0.853. The van der Waals surface area contributed by atoms with E-state index < -0.39 is 5.97 Å². The van der Waals surface area contributed by atoms with Crippen LogP contribution in [-0.2, 0) is 0 Å². The van der Waals surface area contributed by atoms with E-state index in [1.165, 1.54) is 12.1 Å². The largest absolute Gasteiger partial charge is 0.478 e. The minimum atomic E-state index is -1.05. The molecule has 0 unspecified atom stereocenters. The van der Waals surface area contributed by atoms with Crippen LogP contribution in [0.15, 0.2) is 29.4 Å².